The number of para-hydroxylation sites is 1. The van der Waals surface area contributed by atoms with Gasteiger partial charge in [-0.1, -0.05) is 25.1 Å². The SMILES string of the molecule is CC(CCO)CNC(=O)c1ccn(-c2ccccc2)n1. The molecule has 1 atom stereocenters. The molecular weight excluding hydrogens is 254 g/mol. The minimum absolute atomic E-state index is 0.139. The lowest BCUT2D eigenvalue weighted by atomic mass is 10.1. The van der Waals surface area contributed by atoms with Crippen molar-refractivity contribution in [3.8, 4) is 5.69 Å². The zero-order valence-electron chi connectivity index (χ0n) is 11.5. The van der Waals surface area contributed by atoms with Crippen molar-refractivity contribution in [3.63, 3.8) is 0 Å². The van der Waals surface area contributed by atoms with Crippen LogP contribution in [0.1, 0.15) is 23.8 Å². The van der Waals surface area contributed by atoms with E-state index in [4.69, 9.17) is 5.11 Å². The van der Waals surface area contributed by atoms with Crippen molar-refractivity contribution < 1.29 is 9.90 Å². The van der Waals surface area contributed by atoms with Crippen molar-refractivity contribution in [3.05, 3.63) is 48.3 Å². The van der Waals surface area contributed by atoms with E-state index in [0.717, 1.165) is 5.69 Å². The molecule has 0 bridgehead atoms. The molecule has 0 fully saturated rings. The summed E-state index contributed by atoms with van der Waals surface area (Å²) >= 11 is 0. The van der Waals surface area contributed by atoms with Gasteiger partial charge in [0, 0.05) is 19.3 Å². The van der Waals surface area contributed by atoms with E-state index in [-0.39, 0.29) is 18.4 Å². The first-order chi connectivity index (χ1) is 9.70. The maximum atomic E-state index is 11.9. The normalized spacial score (nSPS) is 12.1. The van der Waals surface area contributed by atoms with Crippen LogP contribution in [0.15, 0.2) is 42.6 Å². The highest BCUT2D eigenvalue weighted by Crippen LogP contribution is 2.07. The zero-order chi connectivity index (χ0) is 14.4. The fourth-order valence-electron chi connectivity index (χ4n) is 1.85. The summed E-state index contributed by atoms with van der Waals surface area (Å²) in [5.41, 5.74) is 1.31. The van der Waals surface area contributed by atoms with Gasteiger partial charge in [-0.2, -0.15) is 5.10 Å². The van der Waals surface area contributed by atoms with Crippen LogP contribution in [0.3, 0.4) is 0 Å². The van der Waals surface area contributed by atoms with E-state index in [0.29, 0.717) is 18.7 Å². The molecule has 0 aliphatic carbocycles. The molecule has 0 spiro atoms. The smallest absolute Gasteiger partial charge is 0.271 e. The summed E-state index contributed by atoms with van der Waals surface area (Å²) < 4.78 is 1.67. The predicted molar refractivity (Wildman–Crippen MR) is 76.8 cm³/mol. The molecule has 0 aliphatic rings. The zero-order valence-corrected chi connectivity index (χ0v) is 11.5. The van der Waals surface area contributed by atoms with Gasteiger partial charge in [-0.05, 0) is 30.5 Å². The number of aliphatic hydroxyl groups is 1. The Balaban J connectivity index is 1.97. The Kier molecular flexibility index (Phi) is 4.90. The summed E-state index contributed by atoms with van der Waals surface area (Å²) in [5, 5.41) is 15.9. The summed E-state index contributed by atoms with van der Waals surface area (Å²) in [6.07, 6.45) is 2.44. The van der Waals surface area contributed by atoms with E-state index in [9.17, 15) is 4.79 Å². The fraction of sp³-hybridized carbons (Fsp3) is 0.333. The fourth-order valence-corrected chi connectivity index (χ4v) is 1.85. The molecule has 0 saturated heterocycles. The highest BCUT2D eigenvalue weighted by atomic mass is 16.3. The van der Waals surface area contributed by atoms with Crippen LogP contribution < -0.4 is 5.32 Å². The number of carbonyl (C=O) groups is 1. The van der Waals surface area contributed by atoms with Gasteiger partial charge in [0.15, 0.2) is 5.69 Å². The number of benzene rings is 1. The molecule has 20 heavy (non-hydrogen) atoms. The van der Waals surface area contributed by atoms with Gasteiger partial charge in [0.1, 0.15) is 0 Å². The number of nitrogens with one attached hydrogen (secondary N) is 1. The molecule has 2 aromatic rings. The number of carbonyl (C=O) groups excluding carboxylic acids is 1. The van der Waals surface area contributed by atoms with Crippen LogP contribution in [0.25, 0.3) is 5.69 Å². The summed E-state index contributed by atoms with van der Waals surface area (Å²) in [5.74, 6) is 0.0598. The molecule has 1 aromatic heterocycles. The number of aromatic nitrogens is 2. The van der Waals surface area contributed by atoms with Crippen molar-refractivity contribution >= 4 is 5.91 Å². The Morgan fingerprint density at radius 1 is 1.35 bits per heavy atom. The second kappa shape index (κ2) is 6.86. The molecule has 2 rings (SSSR count). The van der Waals surface area contributed by atoms with E-state index >= 15 is 0 Å². The van der Waals surface area contributed by atoms with E-state index < -0.39 is 0 Å². The number of nitrogens with zero attached hydrogens (tertiary/aromatic N) is 2. The van der Waals surface area contributed by atoms with Crippen LogP contribution in [0, 0.1) is 5.92 Å². The van der Waals surface area contributed by atoms with Crippen LogP contribution in [0.2, 0.25) is 0 Å². The summed E-state index contributed by atoms with van der Waals surface area (Å²) in [6, 6.07) is 11.3. The van der Waals surface area contributed by atoms with Crippen LogP contribution in [-0.2, 0) is 0 Å². The summed E-state index contributed by atoms with van der Waals surface area (Å²) in [6.45, 7) is 2.66. The van der Waals surface area contributed by atoms with Gasteiger partial charge >= 0.3 is 0 Å². The standard InChI is InChI=1S/C15H19N3O2/c1-12(8-10-19)11-16-15(20)14-7-9-18(17-14)13-5-3-2-4-6-13/h2-7,9,12,19H,8,10-11H2,1H3,(H,16,20). The second-order valence-corrected chi connectivity index (χ2v) is 4.81. The first-order valence-electron chi connectivity index (χ1n) is 6.71. The first kappa shape index (κ1) is 14.3. The van der Waals surface area contributed by atoms with Crippen LogP contribution in [-0.4, -0.2) is 33.9 Å². The minimum Gasteiger partial charge on any atom is -0.396 e. The molecule has 5 heteroatoms. The van der Waals surface area contributed by atoms with Crippen LogP contribution >= 0.6 is 0 Å². The molecule has 0 radical (unpaired) electrons. The van der Waals surface area contributed by atoms with E-state index in [1.165, 1.54) is 0 Å². The number of hydrogen-bond acceptors (Lipinski definition) is 3. The lowest BCUT2D eigenvalue weighted by Crippen LogP contribution is -2.29. The van der Waals surface area contributed by atoms with Crippen LogP contribution in [0.5, 0.6) is 0 Å². The van der Waals surface area contributed by atoms with Crippen molar-refractivity contribution in [2.75, 3.05) is 13.2 Å². The van der Waals surface area contributed by atoms with E-state index in [2.05, 4.69) is 10.4 Å². The van der Waals surface area contributed by atoms with Gasteiger partial charge < -0.3 is 10.4 Å². The van der Waals surface area contributed by atoms with Gasteiger partial charge in [-0.25, -0.2) is 4.68 Å². The predicted octanol–water partition coefficient (Wildman–Crippen LogP) is 1.62. The highest BCUT2D eigenvalue weighted by molar-refractivity contribution is 5.92. The molecule has 0 saturated carbocycles. The third-order valence-corrected chi connectivity index (χ3v) is 3.08. The Morgan fingerprint density at radius 3 is 2.80 bits per heavy atom. The number of amides is 1. The van der Waals surface area contributed by atoms with Crippen molar-refractivity contribution in [1.82, 2.24) is 15.1 Å². The third-order valence-electron chi connectivity index (χ3n) is 3.08. The van der Waals surface area contributed by atoms with Gasteiger partial charge in [0.2, 0.25) is 0 Å². The van der Waals surface area contributed by atoms with Gasteiger partial charge in [0.05, 0.1) is 5.69 Å². The van der Waals surface area contributed by atoms with Crippen molar-refractivity contribution in [1.29, 1.82) is 0 Å². The topological polar surface area (TPSA) is 67.2 Å². The maximum absolute atomic E-state index is 11.9. The Morgan fingerprint density at radius 2 is 2.10 bits per heavy atom. The molecule has 106 valence electrons. The van der Waals surface area contributed by atoms with Gasteiger partial charge in [0.25, 0.3) is 5.91 Å². The second-order valence-electron chi connectivity index (χ2n) is 4.81. The van der Waals surface area contributed by atoms with E-state index in [1.807, 2.05) is 37.3 Å². The molecule has 0 aliphatic heterocycles. The lowest BCUT2D eigenvalue weighted by Gasteiger charge is -2.09. The molecule has 1 aromatic carbocycles. The first-order valence-corrected chi connectivity index (χ1v) is 6.71. The molecular formula is C15H19N3O2. The Hall–Kier alpha value is -2.14. The maximum Gasteiger partial charge on any atom is 0.271 e. The number of aliphatic hydroxyl groups excluding tert-OH is 1. The molecule has 1 unspecified atom stereocenters. The average molecular weight is 273 g/mol. The molecule has 5 nitrogen and oxygen atoms in total. The van der Waals surface area contributed by atoms with Gasteiger partial charge in [-0.15, -0.1) is 0 Å². The van der Waals surface area contributed by atoms with Crippen LogP contribution in [0.4, 0.5) is 0 Å². The number of hydrogen-bond donors (Lipinski definition) is 2. The Bertz CT molecular complexity index is 551. The highest BCUT2D eigenvalue weighted by Gasteiger charge is 2.11. The summed E-state index contributed by atoms with van der Waals surface area (Å²) in [7, 11) is 0. The van der Waals surface area contributed by atoms with E-state index in [1.54, 1.807) is 16.9 Å². The number of rotatable bonds is 6. The Labute approximate surface area is 118 Å². The third kappa shape index (κ3) is 3.68. The molecule has 2 N–H and O–H groups in total. The van der Waals surface area contributed by atoms with Crippen molar-refractivity contribution in [2.45, 2.75) is 13.3 Å². The lowest BCUT2D eigenvalue weighted by molar-refractivity contribution is 0.0940. The molecule has 1 amide bonds. The monoisotopic (exact) mass is 273 g/mol. The average Bonchev–Trinajstić information content (AvgIpc) is 2.96. The minimum atomic E-state index is -0.190. The molecule has 1 heterocycles. The van der Waals surface area contributed by atoms with Gasteiger partial charge in [-0.3, -0.25) is 4.79 Å². The largest absolute Gasteiger partial charge is 0.396 e. The summed E-state index contributed by atoms with van der Waals surface area (Å²) in [4.78, 5) is 11.9. The van der Waals surface area contributed by atoms with Crippen molar-refractivity contribution in [2.24, 2.45) is 5.92 Å². The quantitative estimate of drug-likeness (QED) is 0.840.